The molecular formula is C17H27BrIN5O. The van der Waals surface area contributed by atoms with E-state index in [4.69, 9.17) is 5.73 Å². The standard InChI is InChI=1S/C17H26BrN5O.HI/c1-2-23-11-3-4-15(23)12-21-17(19)20-10-9-16(24)22-14-7-5-13(18)6-8-14;/h5-8,15H,2-4,9-12H2,1H3,(H,22,24)(H3,19,20,21);1H. The molecule has 1 aliphatic heterocycles. The van der Waals surface area contributed by atoms with E-state index in [1.807, 2.05) is 24.3 Å². The summed E-state index contributed by atoms with van der Waals surface area (Å²) in [6.07, 6.45) is 2.76. The minimum Gasteiger partial charge on any atom is -0.370 e. The van der Waals surface area contributed by atoms with Crippen LogP contribution in [0.15, 0.2) is 33.7 Å². The number of rotatable bonds is 7. The summed E-state index contributed by atoms with van der Waals surface area (Å²) in [5.74, 6) is 0.361. The van der Waals surface area contributed by atoms with E-state index in [9.17, 15) is 4.79 Å². The van der Waals surface area contributed by atoms with Crippen LogP contribution in [0.2, 0.25) is 0 Å². The van der Waals surface area contributed by atoms with E-state index in [0.717, 1.165) is 29.8 Å². The summed E-state index contributed by atoms with van der Waals surface area (Å²) >= 11 is 3.36. The van der Waals surface area contributed by atoms with Crippen molar-refractivity contribution < 1.29 is 4.79 Å². The second-order valence-electron chi connectivity index (χ2n) is 5.88. The van der Waals surface area contributed by atoms with Gasteiger partial charge in [0.25, 0.3) is 0 Å². The third kappa shape index (κ3) is 7.91. The van der Waals surface area contributed by atoms with Crippen molar-refractivity contribution in [3.05, 3.63) is 28.7 Å². The molecule has 1 saturated heterocycles. The summed E-state index contributed by atoms with van der Waals surface area (Å²) in [7, 11) is 0. The van der Waals surface area contributed by atoms with Gasteiger partial charge in [-0.15, -0.1) is 24.0 Å². The number of aliphatic imine (C=N–C) groups is 1. The predicted molar refractivity (Wildman–Crippen MR) is 118 cm³/mol. The molecule has 0 spiro atoms. The van der Waals surface area contributed by atoms with Crippen molar-refractivity contribution in [2.45, 2.75) is 32.2 Å². The van der Waals surface area contributed by atoms with E-state index in [-0.39, 0.29) is 29.9 Å². The van der Waals surface area contributed by atoms with Crippen LogP contribution in [0.4, 0.5) is 5.69 Å². The van der Waals surface area contributed by atoms with Gasteiger partial charge in [0.15, 0.2) is 5.96 Å². The molecule has 0 radical (unpaired) electrons. The highest BCUT2D eigenvalue weighted by Crippen LogP contribution is 2.16. The van der Waals surface area contributed by atoms with Crippen molar-refractivity contribution in [2.24, 2.45) is 10.7 Å². The normalized spacial score (nSPS) is 17.8. The van der Waals surface area contributed by atoms with Crippen LogP contribution in [0.5, 0.6) is 0 Å². The minimum absolute atomic E-state index is 0. The fourth-order valence-corrected chi connectivity index (χ4v) is 3.10. The third-order valence-electron chi connectivity index (χ3n) is 4.16. The van der Waals surface area contributed by atoms with Gasteiger partial charge in [0.2, 0.25) is 5.91 Å². The van der Waals surface area contributed by atoms with Crippen molar-refractivity contribution >= 4 is 57.5 Å². The van der Waals surface area contributed by atoms with Crippen LogP contribution >= 0.6 is 39.9 Å². The predicted octanol–water partition coefficient (Wildman–Crippen LogP) is 2.78. The van der Waals surface area contributed by atoms with Crippen LogP contribution in [0.1, 0.15) is 26.2 Å². The SMILES string of the molecule is CCN1CCCC1CN=C(N)NCCC(=O)Nc1ccc(Br)cc1.I. The van der Waals surface area contributed by atoms with E-state index in [1.54, 1.807) is 0 Å². The Balaban J connectivity index is 0.00000312. The molecule has 1 atom stereocenters. The third-order valence-corrected chi connectivity index (χ3v) is 4.69. The fourth-order valence-electron chi connectivity index (χ4n) is 2.84. The number of benzene rings is 1. The molecule has 0 aliphatic carbocycles. The molecule has 0 saturated carbocycles. The van der Waals surface area contributed by atoms with Crippen LogP contribution in [-0.4, -0.2) is 49.0 Å². The number of anilines is 1. The molecule has 140 valence electrons. The Hall–Kier alpha value is -0.870. The number of likely N-dealkylation sites (tertiary alicyclic amines) is 1. The van der Waals surface area contributed by atoms with Crippen molar-refractivity contribution in [3.63, 3.8) is 0 Å². The molecule has 1 unspecified atom stereocenters. The summed E-state index contributed by atoms with van der Waals surface area (Å²) in [5.41, 5.74) is 6.66. The lowest BCUT2D eigenvalue weighted by molar-refractivity contribution is -0.116. The number of carbonyl (C=O) groups is 1. The molecule has 2 rings (SSSR count). The molecule has 1 amide bonds. The largest absolute Gasteiger partial charge is 0.370 e. The van der Waals surface area contributed by atoms with E-state index < -0.39 is 0 Å². The quantitative estimate of drug-likeness (QED) is 0.291. The topological polar surface area (TPSA) is 82.8 Å². The Kier molecular flexibility index (Phi) is 10.4. The Morgan fingerprint density at radius 3 is 2.80 bits per heavy atom. The van der Waals surface area contributed by atoms with E-state index >= 15 is 0 Å². The molecule has 1 aromatic carbocycles. The molecule has 6 nitrogen and oxygen atoms in total. The molecule has 25 heavy (non-hydrogen) atoms. The van der Waals surface area contributed by atoms with Crippen molar-refractivity contribution in [3.8, 4) is 0 Å². The lowest BCUT2D eigenvalue weighted by atomic mass is 10.2. The van der Waals surface area contributed by atoms with Crippen molar-refractivity contribution in [2.75, 3.05) is 31.5 Å². The Morgan fingerprint density at radius 2 is 2.12 bits per heavy atom. The Bertz CT molecular complexity index is 567. The smallest absolute Gasteiger partial charge is 0.226 e. The van der Waals surface area contributed by atoms with Gasteiger partial charge in [-0.3, -0.25) is 14.7 Å². The van der Waals surface area contributed by atoms with Gasteiger partial charge in [0, 0.05) is 29.2 Å². The number of hydrogen-bond acceptors (Lipinski definition) is 3. The number of nitrogens with one attached hydrogen (secondary N) is 2. The summed E-state index contributed by atoms with van der Waals surface area (Å²) in [5, 5.41) is 5.85. The summed E-state index contributed by atoms with van der Waals surface area (Å²) in [4.78, 5) is 18.7. The van der Waals surface area contributed by atoms with Gasteiger partial charge < -0.3 is 16.4 Å². The highest BCUT2D eigenvalue weighted by Gasteiger charge is 2.22. The average Bonchev–Trinajstić information content (AvgIpc) is 3.02. The van der Waals surface area contributed by atoms with Crippen LogP contribution in [-0.2, 0) is 4.79 Å². The molecule has 1 fully saturated rings. The first-order valence-electron chi connectivity index (χ1n) is 8.41. The van der Waals surface area contributed by atoms with Crippen LogP contribution in [0.25, 0.3) is 0 Å². The number of nitrogens with zero attached hydrogens (tertiary/aromatic N) is 2. The number of likely N-dealkylation sites (N-methyl/N-ethyl adjacent to an activating group) is 1. The average molecular weight is 524 g/mol. The first-order valence-corrected chi connectivity index (χ1v) is 9.21. The van der Waals surface area contributed by atoms with E-state index in [0.29, 0.717) is 25.0 Å². The van der Waals surface area contributed by atoms with Gasteiger partial charge in [-0.2, -0.15) is 0 Å². The zero-order valence-electron chi connectivity index (χ0n) is 14.5. The molecular weight excluding hydrogens is 497 g/mol. The highest BCUT2D eigenvalue weighted by atomic mass is 127. The monoisotopic (exact) mass is 523 g/mol. The molecule has 1 heterocycles. The number of nitrogens with two attached hydrogens (primary N) is 1. The lowest BCUT2D eigenvalue weighted by Gasteiger charge is -2.20. The molecule has 0 aromatic heterocycles. The lowest BCUT2D eigenvalue weighted by Crippen LogP contribution is -2.36. The number of hydrogen-bond donors (Lipinski definition) is 3. The fraction of sp³-hybridized carbons (Fsp3) is 0.529. The van der Waals surface area contributed by atoms with Gasteiger partial charge in [-0.1, -0.05) is 22.9 Å². The molecule has 4 N–H and O–H groups in total. The van der Waals surface area contributed by atoms with Crippen LogP contribution in [0.3, 0.4) is 0 Å². The maximum absolute atomic E-state index is 11.9. The first kappa shape index (κ1) is 22.2. The molecule has 8 heteroatoms. The van der Waals surface area contributed by atoms with Crippen molar-refractivity contribution in [1.82, 2.24) is 10.2 Å². The Labute approximate surface area is 175 Å². The maximum atomic E-state index is 11.9. The van der Waals surface area contributed by atoms with Gasteiger partial charge in [0.05, 0.1) is 6.54 Å². The summed E-state index contributed by atoms with van der Waals surface area (Å²) < 4.78 is 0.982. The second kappa shape index (κ2) is 11.7. The first-order chi connectivity index (χ1) is 11.6. The van der Waals surface area contributed by atoms with Crippen LogP contribution in [0, 0.1) is 0 Å². The zero-order chi connectivity index (χ0) is 17.4. The maximum Gasteiger partial charge on any atom is 0.226 e. The van der Waals surface area contributed by atoms with E-state index in [1.165, 1.54) is 12.8 Å². The number of carbonyl (C=O) groups excluding carboxylic acids is 1. The summed E-state index contributed by atoms with van der Waals surface area (Å²) in [6.45, 7) is 5.58. The van der Waals surface area contributed by atoms with Crippen molar-refractivity contribution in [1.29, 1.82) is 0 Å². The Morgan fingerprint density at radius 1 is 1.40 bits per heavy atom. The van der Waals surface area contributed by atoms with E-state index in [2.05, 4.69) is 43.4 Å². The minimum atomic E-state index is -0.0504. The van der Waals surface area contributed by atoms with Crippen LogP contribution < -0.4 is 16.4 Å². The second-order valence-corrected chi connectivity index (χ2v) is 6.80. The number of halogens is 2. The van der Waals surface area contributed by atoms with Gasteiger partial charge in [-0.25, -0.2) is 0 Å². The van der Waals surface area contributed by atoms with Gasteiger partial charge in [0.1, 0.15) is 0 Å². The molecule has 1 aromatic rings. The van der Waals surface area contributed by atoms with Gasteiger partial charge >= 0.3 is 0 Å². The number of amides is 1. The summed E-state index contributed by atoms with van der Waals surface area (Å²) in [6, 6.07) is 7.98. The van der Waals surface area contributed by atoms with Gasteiger partial charge in [-0.05, 0) is 50.2 Å². The highest BCUT2D eigenvalue weighted by molar-refractivity contribution is 14.0. The molecule has 1 aliphatic rings. The number of guanidine groups is 1. The zero-order valence-corrected chi connectivity index (χ0v) is 18.4. The molecule has 0 bridgehead atoms.